The zero-order chi connectivity index (χ0) is 9.15. The van der Waals surface area contributed by atoms with Crippen LogP contribution in [-0.4, -0.2) is 17.7 Å². The summed E-state index contributed by atoms with van der Waals surface area (Å²) in [6.07, 6.45) is 8.62. The summed E-state index contributed by atoms with van der Waals surface area (Å²) >= 11 is 2.16. The Morgan fingerprint density at radius 1 is 1.15 bits per heavy atom. The molecule has 2 rings (SSSR count). The summed E-state index contributed by atoms with van der Waals surface area (Å²) in [5.41, 5.74) is 0.601. The average Bonchev–Trinajstić information content (AvgIpc) is 2.20. The van der Waals surface area contributed by atoms with Gasteiger partial charge in [-0.05, 0) is 37.0 Å². The fourth-order valence-corrected chi connectivity index (χ4v) is 4.06. The van der Waals surface area contributed by atoms with Crippen molar-refractivity contribution in [3.05, 3.63) is 0 Å². The van der Waals surface area contributed by atoms with Gasteiger partial charge < -0.3 is 5.32 Å². The Kier molecular flexibility index (Phi) is 3.20. The summed E-state index contributed by atoms with van der Waals surface area (Å²) in [7, 11) is 0. The highest BCUT2D eigenvalue weighted by molar-refractivity contribution is 7.99. The Labute approximate surface area is 86.0 Å². The van der Waals surface area contributed by atoms with Crippen LogP contribution in [0, 0.1) is 5.41 Å². The molecule has 1 nitrogen and oxygen atoms in total. The molecule has 0 aromatic rings. The average molecular weight is 199 g/mol. The maximum absolute atomic E-state index is 3.69. The highest BCUT2D eigenvalue weighted by atomic mass is 32.2. The van der Waals surface area contributed by atoms with Crippen LogP contribution in [0.4, 0.5) is 0 Å². The standard InChI is InChI=1S/C11H21NS/c1-11(6-3-2-4-7-11)10-12-8-5-9-13-10/h10,12H,2-9H2,1H3. The third-order valence-corrected chi connectivity index (χ3v) is 5.16. The monoisotopic (exact) mass is 199 g/mol. The van der Waals surface area contributed by atoms with E-state index in [0.717, 1.165) is 5.37 Å². The lowest BCUT2D eigenvalue weighted by atomic mass is 9.75. The van der Waals surface area contributed by atoms with E-state index in [1.165, 1.54) is 50.8 Å². The minimum absolute atomic E-state index is 0.601. The smallest absolute Gasteiger partial charge is 0.0586 e. The summed E-state index contributed by atoms with van der Waals surface area (Å²) in [6.45, 7) is 3.73. The fourth-order valence-electron chi connectivity index (χ4n) is 2.63. The van der Waals surface area contributed by atoms with E-state index in [0.29, 0.717) is 5.41 Å². The lowest BCUT2D eigenvalue weighted by Gasteiger charge is -2.42. The molecule has 1 unspecified atom stereocenters. The molecule has 1 saturated heterocycles. The molecule has 1 aliphatic carbocycles. The second kappa shape index (κ2) is 4.22. The summed E-state index contributed by atoms with van der Waals surface area (Å²) in [5, 5.41) is 4.44. The number of nitrogens with one attached hydrogen (secondary N) is 1. The van der Waals surface area contributed by atoms with Crippen molar-refractivity contribution in [2.24, 2.45) is 5.41 Å². The second-order valence-electron chi connectivity index (χ2n) is 4.77. The van der Waals surface area contributed by atoms with Gasteiger partial charge in [-0.15, -0.1) is 11.8 Å². The van der Waals surface area contributed by atoms with Crippen molar-refractivity contribution >= 4 is 11.8 Å². The summed E-state index contributed by atoms with van der Waals surface area (Å²) in [6, 6.07) is 0. The SMILES string of the molecule is CC1(C2NCCCS2)CCCCC1. The molecule has 2 aliphatic rings. The molecule has 1 saturated carbocycles. The van der Waals surface area contributed by atoms with Gasteiger partial charge in [0.2, 0.25) is 0 Å². The first-order valence-corrected chi connectivity index (χ1v) is 6.71. The molecule has 1 atom stereocenters. The van der Waals surface area contributed by atoms with Crippen molar-refractivity contribution in [1.82, 2.24) is 5.32 Å². The van der Waals surface area contributed by atoms with E-state index in [1.807, 2.05) is 0 Å². The van der Waals surface area contributed by atoms with Gasteiger partial charge in [-0.2, -0.15) is 0 Å². The zero-order valence-electron chi connectivity index (χ0n) is 8.64. The Bertz CT molecular complexity index is 157. The fraction of sp³-hybridized carbons (Fsp3) is 1.00. The van der Waals surface area contributed by atoms with Gasteiger partial charge in [-0.1, -0.05) is 26.2 Å². The molecule has 1 aliphatic heterocycles. The molecule has 0 spiro atoms. The maximum atomic E-state index is 3.69. The highest BCUT2D eigenvalue weighted by Gasteiger charge is 2.36. The summed E-state index contributed by atoms with van der Waals surface area (Å²) in [5.74, 6) is 1.37. The Balaban J connectivity index is 1.94. The molecule has 0 bridgehead atoms. The predicted molar refractivity (Wildman–Crippen MR) is 60.1 cm³/mol. The van der Waals surface area contributed by atoms with E-state index < -0.39 is 0 Å². The van der Waals surface area contributed by atoms with Crippen LogP contribution in [0.25, 0.3) is 0 Å². The van der Waals surface area contributed by atoms with Crippen molar-refractivity contribution in [3.8, 4) is 0 Å². The molecular formula is C11H21NS. The van der Waals surface area contributed by atoms with Crippen LogP contribution in [0.1, 0.15) is 45.4 Å². The Morgan fingerprint density at radius 2 is 1.92 bits per heavy atom. The predicted octanol–water partition coefficient (Wildman–Crippen LogP) is 3.01. The van der Waals surface area contributed by atoms with E-state index in [4.69, 9.17) is 0 Å². The molecule has 0 aromatic heterocycles. The lowest BCUT2D eigenvalue weighted by molar-refractivity contribution is 0.189. The normalized spacial score (nSPS) is 34.4. The number of rotatable bonds is 1. The Hall–Kier alpha value is 0.310. The minimum Gasteiger partial charge on any atom is -0.305 e. The molecule has 0 amide bonds. The van der Waals surface area contributed by atoms with Crippen molar-refractivity contribution in [2.45, 2.75) is 50.8 Å². The third-order valence-electron chi connectivity index (χ3n) is 3.56. The van der Waals surface area contributed by atoms with E-state index in [-0.39, 0.29) is 0 Å². The van der Waals surface area contributed by atoms with Gasteiger partial charge in [-0.3, -0.25) is 0 Å². The lowest BCUT2D eigenvalue weighted by Crippen LogP contribution is -2.45. The van der Waals surface area contributed by atoms with Crippen LogP contribution in [0.15, 0.2) is 0 Å². The van der Waals surface area contributed by atoms with Crippen LogP contribution in [0.3, 0.4) is 0 Å². The second-order valence-corrected chi connectivity index (χ2v) is 5.99. The molecule has 1 N–H and O–H groups in total. The van der Waals surface area contributed by atoms with Crippen molar-refractivity contribution in [3.63, 3.8) is 0 Å². The van der Waals surface area contributed by atoms with Gasteiger partial charge in [0.25, 0.3) is 0 Å². The van der Waals surface area contributed by atoms with E-state index in [2.05, 4.69) is 24.0 Å². The molecule has 13 heavy (non-hydrogen) atoms. The van der Waals surface area contributed by atoms with Crippen molar-refractivity contribution < 1.29 is 0 Å². The van der Waals surface area contributed by atoms with Crippen LogP contribution in [0.2, 0.25) is 0 Å². The summed E-state index contributed by atoms with van der Waals surface area (Å²) < 4.78 is 0. The maximum Gasteiger partial charge on any atom is 0.0586 e. The van der Waals surface area contributed by atoms with Crippen LogP contribution < -0.4 is 5.32 Å². The van der Waals surface area contributed by atoms with Gasteiger partial charge in [-0.25, -0.2) is 0 Å². The highest BCUT2D eigenvalue weighted by Crippen LogP contribution is 2.43. The number of hydrogen-bond donors (Lipinski definition) is 1. The summed E-state index contributed by atoms with van der Waals surface area (Å²) in [4.78, 5) is 0. The van der Waals surface area contributed by atoms with Crippen LogP contribution in [0.5, 0.6) is 0 Å². The minimum atomic E-state index is 0.601. The first-order valence-electron chi connectivity index (χ1n) is 5.66. The quantitative estimate of drug-likeness (QED) is 0.697. The van der Waals surface area contributed by atoms with Crippen LogP contribution in [-0.2, 0) is 0 Å². The van der Waals surface area contributed by atoms with E-state index in [9.17, 15) is 0 Å². The first-order chi connectivity index (χ1) is 6.31. The van der Waals surface area contributed by atoms with Crippen molar-refractivity contribution in [1.29, 1.82) is 0 Å². The van der Waals surface area contributed by atoms with Crippen molar-refractivity contribution in [2.75, 3.05) is 12.3 Å². The zero-order valence-corrected chi connectivity index (χ0v) is 9.46. The van der Waals surface area contributed by atoms with E-state index >= 15 is 0 Å². The first kappa shape index (κ1) is 9.85. The van der Waals surface area contributed by atoms with Gasteiger partial charge in [0.1, 0.15) is 0 Å². The van der Waals surface area contributed by atoms with Gasteiger partial charge in [0.05, 0.1) is 5.37 Å². The van der Waals surface area contributed by atoms with Gasteiger partial charge in [0.15, 0.2) is 0 Å². The molecule has 2 heteroatoms. The number of hydrogen-bond acceptors (Lipinski definition) is 2. The van der Waals surface area contributed by atoms with E-state index in [1.54, 1.807) is 0 Å². The largest absolute Gasteiger partial charge is 0.305 e. The molecule has 2 fully saturated rings. The molecule has 1 heterocycles. The van der Waals surface area contributed by atoms with Gasteiger partial charge in [0, 0.05) is 0 Å². The number of thioether (sulfide) groups is 1. The third kappa shape index (κ3) is 2.21. The Morgan fingerprint density at radius 3 is 2.54 bits per heavy atom. The topological polar surface area (TPSA) is 12.0 Å². The molecule has 0 radical (unpaired) electrons. The molecular weight excluding hydrogens is 178 g/mol. The molecule has 76 valence electrons. The van der Waals surface area contributed by atoms with Crippen LogP contribution >= 0.6 is 11.8 Å². The van der Waals surface area contributed by atoms with Gasteiger partial charge >= 0.3 is 0 Å². The molecule has 0 aromatic carbocycles.